The van der Waals surface area contributed by atoms with Crippen LogP contribution >= 0.6 is 0 Å². The van der Waals surface area contributed by atoms with E-state index in [9.17, 15) is 13.2 Å². The first-order valence-corrected chi connectivity index (χ1v) is 9.46. The van der Waals surface area contributed by atoms with Crippen molar-refractivity contribution in [2.24, 2.45) is 0 Å². The van der Waals surface area contributed by atoms with Gasteiger partial charge in [0.1, 0.15) is 5.52 Å². The SMILES string of the molecule is CCN(C)c1ccc(-c2nc(-c3cnc4cn[nH]c4c3)n(CCC(F)(F)F)n2)cc1. The molecule has 0 aliphatic rings. The molecule has 0 spiro atoms. The first kappa shape index (κ1) is 19.9. The monoisotopic (exact) mass is 415 g/mol. The van der Waals surface area contributed by atoms with Gasteiger partial charge in [-0.3, -0.25) is 10.1 Å². The first-order valence-electron chi connectivity index (χ1n) is 9.46. The van der Waals surface area contributed by atoms with E-state index in [2.05, 4.69) is 37.1 Å². The minimum absolute atomic E-state index is 0.327. The van der Waals surface area contributed by atoms with Gasteiger partial charge in [-0.15, -0.1) is 0 Å². The molecular weight excluding hydrogens is 395 g/mol. The van der Waals surface area contributed by atoms with Crippen LogP contribution in [0.1, 0.15) is 13.3 Å². The van der Waals surface area contributed by atoms with Gasteiger partial charge in [-0.25, -0.2) is 9.67 Å². The molecule has 0 fully saturated rings. The molecular formula is C20H20F3N7. The highest BCUT2D eigenvalue weighted by atomic mass is 19.4. The topological polar surface area (TPSA) is 75.5 Å². The highest BCUT2D eigenvalue weighted by Gasteiger charge is 2.28. The molecule has 0 atom stereocenters. The minimum atomic E-state index is -4.29. The predicted octanol–water partition coefficient (Wildman–Crippen LogP) is 4.29. The number of anilines is 1. The zero-order valence-electron chi connectivity index (χ0n) is 16.5. The Morgan fingerprint density at radius 1 is 1.10 bits per heavy atom. The Balaban J connectivity index is 1.73. The lowest BCUT2D eigenvalue weighted by Crippen LogP contribution is -2.15. The molecule has 0 unspecified atom stereocenters. The molecule has 4 rings (SSSR count). The summed E-state index contributed by atoms with van der Waals surface area (Å²) in [6, 6.07) is 9.36. The molecule has 0 saturated heterocycles. The second kappa shape index (κ2) is 7.77. The van der Waals surface area contributed by atoms with Crippen LogP contribution < -0.4 is 4.90 Å². The number of rotatable bonds is 6. The average molecular weight is 415 g/mol. The fourth-order valence-electron chi connectivity index (χ4n) is 3.07. The number of hydrogen-bond acceptors (Lipinski definition) is 5. The van der Waals surface area contributed by atoms with Crippen LogP contribution in [0.25, 0.3) is 33.8 Å². The lowest BCUT2D eigenvalue weighted by atomic mass is 10.2. The largest absolute Gasteiger partial charge is 0.390 e. The number of alkyl halides is 3. The molecule has 3 heterocycles. The molecule has 0 aliphatic carbocycles. The van der Waals surface area contributed by atoms with Crippen molar-refractivity contribution in [3.05, 3.63) is 42.7 Å². The molecule has 4 aromatic rings. The van der Waals surface area contributed by atoms with Gasteiger partial charge in [-0.2, -0.15) is 23.4 Å². The molecule has 10 heteroatoms. The van der Waals surface area contributed by atoms with E-state index in [1.165, 1.54) is 4.68 Å². The number of halogens is 3. The molecule has 0 radical (unpaired) electrons. The summed E-state index contributed by atoms with van der Waals surface area (Å²) in [5, 5.41) is 11.1. The number of fused-ring (bicyclic) bond motifs is 1. The van der Waals surface area contributed by atoms with Crippen molar-refractivity contribution >= 4 is 16.7 Å². The maximum Gasteiger partial charge on any atom is 0.390 e. The van der Waals surface area contributed by atoms with Crippen molar-refractivity contribution in [2.75, 3.05) is 18.5 Å². The van der Waals surface area contributed by atoms with E-state index in [0.717, 1.165) is 17.8 Å². The van der Waals surface area contributed by atoms with Gasteiger partial charge in [-0.1, -0.05) is 0 Å². The third-order valence-corrected chi connectivity index (χ3v) is 4.87. The van der Waals surface area contributed by atoms with Crippen molar-refractivity contribution in [1.82, 2.24) is 29.9 Å². The summed E-state index contributed by atoms with van der Waals surface area (Å²) in [6.07, 6.45) is -2.15. The summed E-state index contributed by atoms with van der Waals surface area (Å²) in [4.78, 5) is 10.9. The van der Waals surface area contributed by atoms with Gasteiger partial charge in [0.25, 0.3) is 0 Å². The number of benzene rings is 1. The third-order valence-electron chi connectivity index (χ3n) is 4.87. The smallest absolute Gasteiger partial charge is 0.375 e. The Labute approximate surface area is 170 Å². The maximum absolute atomic E-state index is 12.8. The maximum atomic E-state index is 12.8. The Bertz CT molecular complexity index is 1150. The standard InChI is InChI=1S/C20H20F3N7/c1-3-29(2)15-6-4-13(5-7-15)18-26-19(30(28-18)9-8-20(21,22)23)14-10-16-17(24-11-14)12-25-27-16/h4-7,10-12H,3,8-9H2,1-2H3,(H,25,27). The summed E-state index contributed by atoms with van der Waals surface area (Å²) in [6.45, 7) is 2.58. The van der Waals surface area contributed by atoms with Crippen LogP contribution in [0, 0.1) is 0 Å². The number of H-pyrrole nitrogens is 1. The number of nitrogens with one attached hydrogen (secondary N) is 1. The Morgan fingerprint density at radius 3 is 2.57 bits per heavy atom. The van der Waals surface area contributed by atoms with Crippen LogP contribution in [0.2, 0.25) is 0 Å². The number of nitrogens with zero attached hydrogens (tertiary/aromatic N) is 6. The fourth-order valence-corrected chi connectivity index (χ4v) is 3.07. The first-order chi connectivity index (χ1) is 14.3. The van der Waals surface area contributed by atoms with Crippen molar-refractivity contribution in [2.45, 2.75) is 26.1 Å². The zero-order valence-corrected chi connectivity index (χ0v) is 16.5. The van der Waals surface area contributed by atoms with E-state index in [-0.39, 0.29) is 6.54 Å². The molecule has 0 bridgehead atoms. The van der Waals surface area contributed by atoms with Crippen LogP contribution in [0.3, 0.4) is 0 Å². The number of pyridine rings is 1. The number of aromatic nitrogens is 6. The average Bonchev–Trinajstić information content (AvgIpc) is 3.37. The zero-order chi connectivity index (χ0) is 21.3. The molecule has 0 amide bonds. The van der Waals surface area contributed by atoms with Gasteiger partial charge in [-0.05, 0) is 37.3 Å². The molecule has 1 N–H and O–H groups in total. The Hall–Kier alpha value is -3.43. The van der Waals surface area contributed by atoms with E-state index in [4.69, 9.17) is 0 Å². The number of aryl methyl sites for hydroxylation is 1. The van der Waals surface area contributed by atoms with Gasteiger partial charge in [0.15, 0.2) is 11.6 Å². The van der Waals surface area contributed by atoms with Gasteiger partial charge >= 0.3 is 6.18 Å². The molecule has 156 valence electrons. The highest BCUT2D eigenvalue weighted by Crippen LogP contribution is 2.27. The lowest BCUT2D eigenvalue weighted by molar-refractivity contribution is -0.137. The fraction of sp³-hybridized carbons (Fsp3) is 0.300. The molecule has 0 saturated carbocycles. The summed E-state index contributed by atoms with van der Waals surface area (Å²) in [5.74, 6) is 0.690. The predicted molar refractivity (Wildman–Crippen MR) is 108 cm³/mol. The summed E-state index contributed by atoms with van der Waals surface area (Å²) < 4.78 is 39.8. The van der Waals surface area contributed by atoms with Crippen LogP contribution in [-0.2, 0) is 6.54 Å². The number of hydrogen-bond donors (Lipinski definition) is 1. The molecule has 1 aromatic carbocycles. The Morgan fingerprint density at radius 2 is 1.87 bits per heavy atom. The normalized spacial score (nSPS) is 11.9. The van der Waals surface area contributed by atoms with Gasteiger partial charge < -0.3 is 4.90 Å². The van der Waals surface area contributed by atoms with Crippen LogP contribution in [0.4, 0.5) is 18.9 Å². The van der Waals surface area contributed by atoms with Crippen LogP contribution in [-0.4, -0.2) is 49.7 Å². The van der Waals surface area contributed by atoms with Crippen molar-refractivity contribution in [3.63, 3.8) is 0 Å². The van der Waals surface area contributed by atoms with E-state index < -0.39 is 12.6 Å². The van der Waals surface area contributed by atoms with Crippen molar-refractivity contribution in [1.29, 1.82) is 0 Å². The van der Waals surface area contributed by atoms with E-state index >= 15 is 0 Å². The van der Waals surface area contributed by atoms with Crippen LogP contribution in [0.15, 0.2) is 42.7 Å². The Kier molecular flexibility index (Phi) is 5.15. The number of aromatic amines is 1. The molecule has 30 heavy (non-hydrogen) atoms. The van der Waals surface area contributed by atoms with Crippen molar-refractivity contribution < 1.29 is 13.2 Å². The molecule has 3 aromatic heterocycles. The lowest BCUT2D eigenvalue weighted by Gasteiger charge is -2.16. The second-order valence-corrected chi connectivity index (χ2v) is 6.94. The highest BCUT2D eigenvalue weighted by molar-refractivity contribution is 5.78. The van der Waals surface area contributed by atoms with Gasteiger partial charge in [0.2, 0.25) is 0 Å². The molecule has 0 aliphatic heterocycles. The van der Waals surface area contributed by atoms with Crippen LogP contribution in [0.5, 0.6) is 0 Å². The summed E-state index contributed by atoms with van der Waals surface area (Å²) in [7, 11) is 1.98. The summed E-state index contributed by atoms with van der Waals surface area (Å²) >= 11 is 0. The van der Waals surface area contributed by atoms with Gasteiger partial charge in [0.05, 0.1) is 24.7 Å². The third kappa shape index (κ3) is 4.12. The molecule has 7 nitrogen and oxygen atoms in total. The van der Waals surface area contributed by atoms with Gasteiger partial charge in [0, 0.05) is 36.6 Å². The van der Waals surface area contributed by atoms with E-state index in [1.807, 2.05) is 31.3 Å². The van der Waals surface area contributed by atoms with Crippen molar-refractivity contribution in [3.8, 4) is 22.8 Å². The quantitative estimate of drug-likeness (QED) is 0.508. The minimum Gasteiger partial charge on any atom is -0.375 e. The van der Waals surface area contributed by atoms with E-state index in [0.29, 0.717) is 28.2 Å². The summed E-state index contributed by atoms with van der Waals surface area (Å²) in [5.41, 5.74) is 3.66. The second-order valence-electron chi connectivity index (χ2n) is 6.94. The van der Waals surface area contributed by atoms with E-state index in [1.54, 1.807) is 18.5 Å².